The zero-order chi connectivity index (χ0) is 8.31. The van der Waals surface area contributed by atoms with Gasteiger partial charge in [0.2, 0.25) is 0 Å². The van der Waals surface area contributed by atoms with Crippen molar-refractivity contribution in [2.75, 3.05) is 0 Å². The minimum atomic E-state index is -1.53. The lowest BCUT2D eigenvalue weighted by atomic mass is 10.2. The summed E-state index contributed by atoms with van der Waals surface area (Å²) in [5.41, 5.74) is 0.278. The van der Waals surface area contributed by atoms with Crippen LogP contribution in [0.1, 0.15) is 27.7 Å². The van der Waals surface area contributed by atoms with Crippen molar-refractivity contribution in [1.29, 1.82) is 0 Å². The fraction of sp³-hybridized carbons (Fsp3) is 0.750. The molecule has 0 rings (SSSR count). The van der Waals surface area contributed by atoms with Gasteiger partial charge >= 0.3 is 8.68 Å². The van der Waals surface area contributed by atoms with Gasteiger partial charge in [-0.15, -0.1) is 0 Å². The Kier molecular flexibility index (Phi) is 3.72. The lowest BCUT2D eigenvalue weighted by Gasteiger charge is -2.08. The molecule has 0 aromatic rings. The van der Waals surface area contributed by atoms with Crippen molar-refractivity contribution in [2.24, 2.45) is 5.92 Å². The Morgan fingerprint density at radius 3 is 1.80 bits per heavy atom. The molecule has 0 heterocycles. The van der Waals surface area contributed by atoms with E-state index >= 15 is 0 Å². The van der Waals surface area contributed by atoms with Crippen LogP contribution in [-0.4, -0.2) is 8.68 Å². The topological polar surface area (TPSA) is 17.1 Å². The van der Waals surface area contributed by atoms with Crippen molar-refractivity contribution in [2.45, 2.75) is 33.2 Å². The van der Waals surface area contributed by atoms with Crippen LogP contribution in [0.3, 0.4) is 0 Å². The highest BCUT2D eigenvalue weighted by Gasteiger charge is 2.16. The number of hydrogen-bond acceptors (Lipinski definition) is 1. The van der Waals surface area contributed by atoms with E-state index < -0.39 is 8.68 Å². The van der Waals surface area contributed by atoms with E-state index in [4.69, 9.17) is 0 Å². The third-order valence-electron chi connectivity index (χ3n) is 1.54. The van der Waals surface area contributed by atoms with Gasteiger partial charge in [0.05, 0.1) is 0 Å². The Labute approximate surface area is 64.8 Å². The molecule has 0 aromatic heterocycles. The van der Waals surface area contributed by atoms with E-state index in [0.717, 1.165) is 5.20 Å². The van der Waals surface area contributed by atoms with Crippen LogP contribution in [0, 0.1) is 5.92 Å². The third kappa shape index (κ3) is 2.56. The van der Waals surface area contributed by atoms with Gasteiger partial charge in [-0.05, 0) is 11.1 Å². The van der Waals surface area contributed by atoms with Crippen LogP contribution in [0.15, 0.2) is 11.8 Å². The molecule has 0 radical (unpaired) electrons. The molecule has 0 saturated heterocycles. The highest BCUT2D eigenvalue weighted by molar-refractivity contribution is 6.53. The zero-order valence-corrected chi connectivity index (χ0v) is 8.27. The second kappa shape index (κ2) is 3.81. The van der Waals surface area contributed by atoms with Crippen LogP contribution in [0.25, 0.3) is 0 Å². The predicted molar refractivity (Wildman–Crippen MR) is 45.5 cm³/mol. The summed E-state index contributed by atoms with van der Waals surface area (Å²) >= 11 is 0. The largest absolute Gasteiger partial charge is 0.383 e. The molecule has 0 atom stereocenters. The van der Waals surface area contributed by atoms with Crippen LogP contribution in [0.5, 0.6) is 0 Å². The molecule has 10 heavy (non-hydrogen) atoms. The van der Waals surface area contributed by atoms with Crippen molar-refractivity contribution < 1.29 is 4.46 Å². The third-order valence-corrected chi connectivity index (χ3v) is 3.80. The summed E-state index contributed by atoms with van der Waals surface area (Å²) in [5, 5.41) is 0.931. The molecule has 0 saturated carbocycles. The minimum Gasteiger partial charge on any atom is -0.383 e. The van der Waals surface area contributed by atoms with Gasteiger partial charge < -0.3 is 4.46 Å². The lowest BCUT2D eigenvalue weighted by molar-refractivity contribution is 0.551. The molecule has 0 aromatic carbocycles. The van der Waals surface area contributed by atoms with Gasteiger partial charge in [-0.2, -0.15) is 0 Å². The summed E-state index contributed by atoms with van der Waals surface area (Å²) in [6.07, 6.45) is 0. The molecule has 0 N–H and O–H groups in total. The van der Waals surface area contributed by atoms with E-state index in [1.165, 1.54) is 0 Å². The summed E-state index contributed by atoms with van der Waals surface area (Å²) in [6, 6.07) is 0. The summed E-state index contributed by atoms with van der Waals surface area (Å²) in [4.78, 5) is 0. The van der Waals surface area contributed by atoms with E-state index in [1.54, 1.807) is 0 Å². The fourth-order valence-electron chi connectivity index (χ4n) is 0.655. The second-order valence-corrected chi connectivity index (χ2v) is 5.72. The van der Waals surface area contributed by atoms with Crippen LogP contribution in [0.4, 0.5) is 0 Å². The molecule has 0 aliphatic carbocycles. The highest BCUT2D eigenvalue weighted by Crippen LogP contribution is 2.14. The molecule has 58 valence electrons. The Morgan fingerprint density at radius 2 is 1.70 bits per heavy atom. The molecular weight excluding hydrogens is 140 g/mol. The first-order valence-electron chi connectivity index (χ1n) is 3.69. The zero-order valence-electron chi connectivity index (χ0n) is 7.27. The Hall–Kier alpha value is -0.243. The summed E-state index contributed by atoms with van der Waals surface area (Å²) in [7, 11) is -1.53. The van der Waals surface area contributed by atoms with E-state index in [2.05, 4.69) is 6.58 Å². The maximum Gasteiger partial charge on any atom is 0.309 e. The molecule has 0 aliphatic heterocycles. The van der Waals surface area contributed by atoms with Crippen LogP contribution >= 0.6 is 0 Å². The van der Waals surface area contributed by atoms with Crippen molar-refractivity contribution in [3.05, 3.63) is 11.8 Å². The highest BCUT2D eigenvalue weighted by atomic mass is 28.3. The van der Waals surface area contributed by atoms with E-state index in [1.807, 2.05) is 27.7 Å². The first-order valence-corrected chi connectivity index (χ1v) is 5.18. The predicted octanol–water partition coefficient (Wildman–Crippen LogP) is 2.57. The molecule has 0 amide bonds. The van der Waals surface area contributed by atoms with Gasteiger partial charge in [0, 0.05) is 5.54 Å². The first kappa shape index (κ1) is 9.76. The number of allylic oxidation sites excluding steroid dienone is 1. The smallest absolute Gasteiger partial charge is 0.309 e. The molecule has 0 unspecified atom stereocenters. The van der Waals surface area contributed by atoms with Crippen LogP contribution in [0.2, 0.25) is 5.54 Å². The molecular formula is C8H16OSi. The molecule has 0 spiro atoms. The van der Waals surface area contributed by atoms with Gasteiger partial charge in [-0.3, -0.25) is 0 Å². The normalized spacial score (nSPS) is 10.6. The quantitative estimate of drug-likeness (QED) is 0.574. The Balaban J connectivity index is 4.10. The second-order valence-electron chi connectivity index (χ2n) is 3.20. The molecule has 0 aliphatic rings. The number of hydrogen-bond donors (Lipinski definition) is 0. The molecule has 0 fully saturated rings. The lowest BCUT2D eigenvalue weighted by Crippen LogP contribution is -2.12. The SMILES string of the molecule is C=C(C(C)C)[Si](=O)C(C)C. The Morgan fingerprint density at radius 1 is 1.30 bits per heavy atom. The van der Waals surface area contributed by atoms with Crippen molar-refractivity contribution in [3.63, 3.8) is 0 Å². The fourth-order valence-corrected chi connectivity index (χ4v) is 1.97. The minimum absolute atomic E-state index is 0.278. The van der Waals surface area contributed by atoms with Crippen LogP contribution < -0.4 is 0 Å². The molecule has 2 heteroatoms. The van der Waals surface area contributed by atoms with Gasteiger partial charge in [0.15, 0.2) is 0 Å². The standard InChI is InChI=1S/C8H16OSi/c1-6(2)8(5)10(9)7(3)4/h6-7H,5H2,1-4H3. The average Bonchev–Trinajstić information content (AvgIpc) is 1.84. The summed E-state index contributed by atoms with van der Waals surface area (Å²) in [6.45, 7) is 11.8. The monoisotopic (exact) mass is 156 g/mol. The van der Waals surface area contributed by atoms with Gasteiger partial charge in [-0.25, -0.2) is 0 Å². The average molecular weight is 156 g/mol. The van der Waals surface area contributed by atoms with Gasteiger partial charge in [-0.1, -0.05) is 34.3 Å². The Bertz CT molecular complexity index is 129. The molecule has 1 nitrogen and oxygen atoms in total. The van der Waals surface area contributed by atoms with E-state index in [-0.39, 0.29) is 5.54 Å². The van der Waals surface area contributed by atoms with E-state index in [0.29, 0.717) is 5.92 Å². The van der Waals surface area contributed by atoms with Crippen molar-refractivity contribution >= 4 is 8.68 Å². The summed E-state index contributed by atoms with van der Waals surface area (Å²) < 4.78 is 11.4. The van der Waals surface area contributed by atoms with Crippen LogP contribution in [-0.2, 0) is 4.46 Å². The maximum atomic E-state index is 11.4. The maximum absolute atomic E-state index is 11.4. The number of rotatable bonds is 3. The summed E-state index contributed by atoms with van der Waals surface area (Å²) in [5.74, 6) is 0.369. The van der Waals surface area contributed by atoms with Gasteiger partial charge in [0.1, 0.15) is 0 Å². The molecule has 0 bridgehead atoms. The van der Waals surface area contributed by atoms with Crippen molar-refractivity contribution in [1.82, 2.24) is 0 Å². The van der Waals surface area contributed by atoms with E-state index in [9.17, 15) is 4.46 Å². The van der Waals surface area contributed by atoms with Gasteiger partial charge in [0.25, 0.3) is 0 Å². The first-order chi connectivity index (χ1) is 4.46. The van der Waals surface area contributed by atoms with Crippen molar-refractivity contribution in [3.8, 4) is 0 Å².